The Morgan fingerprint density at radius 3 is 1.69 bits per heavy atom. The number of carbonyl (C=O) groups is 2. The van der Waals surface area contributed by atoms with Crippen molar-refractivity contribution < 1.29 is 26.9 Å². The predicted molar refractivity (Wildman–Crippen MR) is 120 cm³/mol. The van der Waals surface area contributed by atoms with Crippen LogP contribution < -0.4 is 24.9 Å². The minimum Gasteiger partial charge on any atom is -0.497 e. The summed E-state index contributed by atoms with van der Waals surface area (Å²) in [6.45, 7) is 1.88. The average Bonchev–Trinajstić information content (AvgIpc) is 2.76. The van der Waals surface area contributed by atoms with Crippen molar-refractivity contribution in [1.29, 1.82) is 0 Å². The van der Waals surface area contributed by atoms with Crippen LogP contribution in [0.15, 0.2) is 77.7 Å². The molecule has 0 aliphatic heterocycles. The summed E-state index contributed by atoms with van der Waals surface area (Å²) in [5.74, 6) is 0.823. The molecule has 3 N–H and O–H groups in total. The van der Waals surface area contributed by atoms with Gasteiger partial charge in [-0.05, 0) is 67.6 Å². The maximum Gasteiger partial charge on any atom is 0.339 e. The van der Waals surface area contributed by atoms with E-state index < -0.39 is 22.2 Å². The van der Waals surface area contributed by atoms with Crippen molar-refractivity contribution in [1.82, 2.24) is 5.32 Å². The van der Waals surface area contributed by atoms with Crippen molar-refractivity contribution >= 4 is 33.6 Å². The van der Waals surface area contributed by atoms with Gasteiger partial charge in [0.25, 0.3) is 0 Å². The van der Waals surface area contributed by atoms with E-state index in [0.29, 0.717) is 11.4 Å². The van der Waals surface area contributed by atoms with Crippen LogP contribution in [0.4, 0.5) is 21.0 Å². The number of nitrogens with one attached hydrogen (secondary N) is 3. The number of ether oxygens (including phenoxy) is 1. The van der Waals surface area contributed by atoms with Gasteiger partial charge < -0.3 is 19.6 Å². The fourth-order valence-corrected chi connectivity index (χ4v) is 3.51. The Bertz CT molecular complexity index is 1190. The lowest BCUT2D eigenvalue weighted by molar-refractivity contribution is 0.240. The van der Waals surface area contributed by atoms with Gasteiger partial charge in [-0.15, -0.1) is 0 Å². The first-order valence-corrected chi connectivity index (χ1v) is 10.8. The van der Waals surface area contributed by atoms with E-state index in [0.717, 1.165) is 5.56 Å². The minimum atomic E-state index is -4.03. The molecule has 32 heavy (non-hydrogen) atoms. The van der Waals surface area contributed by atoms with Gasteiger partial charge in [0.1, 0.15) is 16.4 Å². The first kappa shape index (κ1) is 22.6. The van der Waals surface area contributed by atoms with E-state index >= 15 is 0 Å². The third kappa shape index (κ3) is 6.22. The quantitative estimate of drug-likeness (QED) is 0.481. The van der Waals surface area contributed by atoms with Gasteiger partial charge in [-0.3, -0.25) is 5.32 Å². The summed E-state index contributed by atoms with van der Waals surface area (Å²) in [4.78, 5) is 23.9. The summed E-state index contributed by atoms with van der Waals surface area (Å²) >= 11 is 0. The molecule has 166 valence electrons. The van der Waals surface area contributed by atoms with Crippen LogP contribution in [-0.2, 0) is 10.1 Å². The van der Waals surface area contributed by atoms with Crippen LogP contribution in [0.5, 0.6) is 11.5 Å². The number of urea groups is 2. The van der Waals surface area contributed by atoms with E-state index in [1.165, 1.54) is 31.4 Å². The van der Waals surface area contributed by atoms with Crippen molar-refractivity contribution in [2.75, 3.05) is 17.7 Å². The molecule has 3 aromatic rings. The second-order valence-electron chi connectivity index (χ2n) is 6.64. The summed E-state index contributed by atoms with van der Waals surface area (Å²) in [6, 6.07) is 17.0. The maximum atomic E-state index is 12.4. The molecular formula is C22H21N3O6S. The standard InChI is InChI=1S/C22H21N3O6S/c1-15-3-9-19(10-4-15)31-32(28,29)20-13-7-17(8-14-20)24-22(27)25-21(26)23-16-5-11-18(30-2)12-6-16/h3-14H,1-2H3,(H3,23,24,25,26,27). The highest BCUT2D eigenvalue weighted by atomic mass is 32.2. The van der Waals surface area contributed by atoms with Gasteiger partial charge in [-0.1, -0.05) is 17.7 Å². The second-order valence-corrected chi connectivity index (χ2v) is 8.18. The number of amides is 4. The van der Waals surface area contributed by atoms with Gasteiger partial charge in [0.2, 0.25) is 0 Å². The third-order valence-electron chi connectivity index (χ3n) is 4.20. The molecule has 0 saturated carbocycles. The molecule has 0 atom stereocenters. The number of benzene rings is 3. The fraction of sp³-hybridized carbons (Fsp3) is 0.0909. The molecule has 4 amide bonds. The molecule has 3 aromatic carbocycles. The number of carbonyl (C=O) groups excluding carboxylic acids is 2. The van der Waals surface area contributed by atoms with Crippen LogP contribution in [0.1, 0.15) is 5.56 Å². The molecule has 0 spiro atoms. The van der Waals surface area contributed by atoms with Crippen LogP contribution in [0.25, 0.3) is 0 Å². The Kier molecular flexibility index (Phi) is 6.96. The SMILES string of the molecule is COc1ccc(NC(=O)NC(=O)Nc2ccc(S(=O)(=O)Oc3ccc(C)cc3)cc2)cc1. The lowest BCUT2D eigenvalue weighted by atomic mass is 10.2. The highest BCUT2D eigenvalue weighted by Crippen LogP contribution is 2.20. The third-order valence-corrected chi connectivity index (χ3v) is 5.46. The van der Waals surface area contributed by atoms with Crippen LogP contribution in [-0.4, -0.2) is 27.6 Å². The van der Waals surface area contributed by atoms with Gasteiger partial charge >= 0.3 is 22.2 Å². The van der Waals surface area contributed by atoms with Gasteiger partial charge in [-0.25, -0.2) is 9.59 Å². The van der Waals surface area contributed by atoms with E-state index in [4.69, 9.17) is 8.92 Å². The zero-order chi connectivity index (χ0) is 23.1. The predicted octanol–water partition coefficient (Wildman–Crippen LogP) is 4.12. The Balaban J connectivity index is 1.55. The molecule has 0 radical (unpaired) electrons. The molecule has 9 nitrogen and oxygen atoms in total. The first-order chi connectivity index (χ1) is 15.2. The summed E-state index contributed by atoms with van der Waals surface area (Å²) in [7, 11) is -2.51. The molecule has 0 saturated heterocycles. The van der Waals surface area contributed by atoms with Crippen molar-refractivity contribution in [3.8, 4) is 11.5 Å². The lowest BCUT2D eigenvalue weighted by Gasteiger charge is -2.10. The van der Waals surface area contributed by atoms with Crippen LogP contribution in [0.2, 0.25) is 0 Å². The monoisotopic (exact) mass is 455 g/mol. The largest absolute Gasteiger partial charge is 0.497 e. The zero-order valence-electron chi connectivity index (χ0n) is 17.3. The summed E-state index contributed by atoms with van der Waals surface area (Å²) in [5.41, 5.74) is 1.73. The number of hydrogen-bond acceptors (Lipinski definition) is 6. The maximum absolute atomic E-state index is 12.4. The highest BCUT2D eigenvalue weighted by Gasteiger charge is 2.17. The summed E-state index contributed by atoms with van der Waals surface area (Å²) in [5, 5.41) is 7.06. The fourth-order valence-electron chi connectivity index (χ4n) is 2.58. The highest BCUT2D eigenvalue weighted by molar-refractivity contribution is 7.87. The average molecular weight is 455 g/mol. The Morgan fingerprint density at radius 2 is 1.19 bits per heavy atom. The van der Waals surface area contributed by atoms with Crippen molar-refractivity contribution in [3.05, 3.63) is 78.4 Å². The van der Waals surface area contributed by atoms with Crippen LogP contribution >= 0.6 is 0 Å². The topological polar surface area (TPSA) is 123 Å². The molecular weight excluding hydrogens is 434 g/mol. The molecule has 0 aliphatic rings. The number of methoxy groups -OCH3 is 1. The van der Waals surface area contributed by atoms with Crippen LogP contribution in [0.3, 0.4) is 0 Å². The van der Waals surface area contributed by atoms with Crippen LogP contribution in [0, 0.1) is 6.92 Å². The van der Waals surface area contributed by atoms with E-state index in [1.807, 2.05) is 6.92 Å². The lowest BCUT2D eigenvalue weighted by Crippen LogP contribution is -2.37. The molecule has 0 aliphatic carbocycles. The molecule has 3 rings (SSSR count). The second kappa shape index (κ2) is 9.84. The molecule has 0 aromatic heterocycles. The number of rotatable bonds is 6. The Labute approximate surface area is 185 Å². The number of aryl methyl sites for hydroxylation is 1. The van der Waals surface area contributed by atoms with Gasteiger partial charge in [0.15, 0.2) is 0 Å². The number of imide groups is 1. The normalized spacial score (nSPS) is 10.7. The van der Waals surface area contributed by atoms with Crippen molar-refractivity contribution in [2.45, 2.75) is 11.8 Å². The number of anilines is 2. The molecule has 0 fully saturated rings. The van der Waals surface area contributed by atoms with Crippen molar-refractivity contribution in [2.24, 2.45) is 0 Å². The van der Waals surface area contributed by atoms with E-state index in [9.17, 15) is 18.0 Å². The Hall–Kier alpha value is -4.05. The molecule has 0 bridgehead atoms. The smallest absolute Gasteiger partial charge is 0.339 e. The zero-order valence-corrected chi connectivity index (χ0v) is 18.1. The van der Waals surface area contributed by atoms with Gasteiger partial charge in [0, 0.05) is 11.4 Å². The Morgan fingerprint density at radius 1 is 0.719 bits per heavy atom. The molecule has 0 heterocycles. The molecule has 10 heteroatoms. The van der Waals surface area contributed by atoms with Gasteiger partial charge in [-0.2, -0.15) is 8.42 Å². The van der Waals surface area contributed by atoms with E-state index in [1.54, 1.807) is 48.5 Å². The summed E-state index contributed by atoms with van der Waals surface area (Å²) < 4.78 is 34.9. The number of hydrogen-bond donors (Lipinski definition) is 3. The summed E-state index contributed by atoms with van der Waals surface area (Å²) in [6.07, 6.45) is 0. The van der Waals surface area contributed by atoms with Crippen molar-refractivity contribution in [3.63, 3.8) is 0 Å². The molecule has 0 unspecified atom stereocenters. The van der Waals surface area contributed by atoms with Gasteiger partial charge in [0.05, 0.1) is 7.11 Å². The first-order valence-electron chi connectivity index (χ1n) is 9.39. The van der Waals surface area contributed by atoms with E-state index in [2.05, 4.69) is 16.0 Å². The minimum absolute atomic E-state index is 0.0821. The van der Waals surface area contributed by atoms with E-state index in [-0.39, 0.29) is 16.3 Å².